The van der Waals surface area contributed by atoms with E-state index in [4.69, 9.17) is 0 Å². The van der Waals surface area contributed by atoms with Gasteiger partial charge in [0.15, 0.2) is 0 Å². The van der Waals surface area contributed by atoms with Crippen molar-refractivity contribution in [2.75, 3.05) is 0 Å². The number of aryl methyl sites for hydroxylation is 3. The maximum absolute atomic E-state index is 2.43. The van der Waals surface area contributed by atoms with Crippen molar-refractivity contribution in [3.63, 3.8) is 0 Å². The van der Waals surface area contributed by atoms with Gasteiger partial charge in [-0.05, 0) is 129 Å². The molecule has 0 saturated carbocycles. The van der Waals surface area contributed by atoms with Crippen molar-refractivity contribution in [2.24, 2.45) is 0 Å². The zero-order chi connectivity index (χ0) is 39.9. The minimum atomic E-state index is -0.0973. The van der Waals surface area contributed by atoms with Crippen molar-refractivity contribution in [3.05, 3.63) is 246 Å². The van der Waals surface area contributed by atoms with Gasteiger partial charge in [-0.25, -0.2) is 0 Å². The molecular weight excluding hydrogens is 711 g/mol. The third kappa shape index (κ3) is 6.37. The molecule has 10 rings (SSSR count). The van der Waals surface area contributed by atoms with Crippen LogP contribution in [0, 0.1) is 20.8 Å². The summed E-state index contributed by atoms with van der Waals surface area (Å²) in [6, 6.07) is 78.3. The molecule has 1 heteroatoms. The van der Waals surface area contributed by atoms with E-state index in [2.05, 4.69) is 238 Å². The second kappa shape index (κ2) is 15.3. The molecule has 0 saturated heterocycles. The molecule has 0 atom stereocenters. The lowest BCUT2D eigenvalue weighted by Gasteiger charge is -2.29. The fourth-order valence-corrected chi connectivity index (χ4v) is 9.44. The molecule has 0 amide bonds. The molecule has 0 fully saturated rings. The second-order valence-corrected chi connectivity index (χ2v) is 15.7. The second-order valence-electron chi connectivity index (χ2n) is 15.7. The van der Waals surface area contributed by atoms with Gasteiger partial charge >= 0.3 is 0 Å². The molecule has 1 aromatic heterocycles. The smallest absolute Gasteiger partial charge is 0.0541 e. The van der Waals surface area contributed by atoms with E-state index in [0.717, 1.165) is 5.69 Å². The molecule has 0 aliphatic heterocycles. The average Bonchev–Trinajstić information content (AvgIpc) is 3.61. The SMILES string of the molecule is Cc1ccccc1-c1ccccc1C(c1ccccc1-c1ccccc1C)c1cccc(-c2ccc3c(c2)c2ccccc2n3-c2ccccc2)c1-c1ccccc1C. The van der Waals surface area contributed by atoms with Gasteiger partial charge in [0, 0.05) is 22.4 Å². The fraction of sp³-hybridized carbons (Fsp3) is 0.0690. The zero-order valence-corrected chi connectivity index (χ0v) is 33.7. The van der Waals surface area contributed by atoms with E-state index < -0.39 is 0 Å². The largest absolute Gasteiger partial charge is 0.309 e. The van der Waals surface area contributed by atoms with Gasteiger partial charge in [-0.1, -0.05) is 182 Å². The summed E-state index contributed by atoms with van der Waals surface area (Å²) in [6.07, 6.45) is 0. The summed E-state index contributed by atoms with van der Waals surface area (Å²) in [7, 11) is 0. The van der Waals surface area contributed by atoms with Crippen LogP contribution in [0.2, 0.25) is 0 Å². The van der Waals surface area contributed by atoms with Crippen LogP contribution in [0.15, 0.2) is 212 Å². The Hall–Kier alpha value is -7.22. The van der Waals surface area contributed by atoms with Gasteiger partial charge in [-0.2, -0.15) is 0 Å². The third-order valence-corrected chi connectivity index (χ3v) is 12.2. The minimum Gasteiger partial charge on any atom is -0.309 e. The number of fused-ring (bicyclic) bond motifs is 3. The molecular formula is C58H45N. The summed E-state index contributed by atoms with van der Waals surface area (Å²) in [5.41, 5.74) is 21.2. The molecule has 0 N–H and O–H groups in total. The van der Waals surface area contributed by atoms with Gasteiger partial charge in [0.1, 0.15) is 0 Å². The van der Waals surface area contributed by atoms with E-state index in [1.165, 1.54) is 99.7 Å². The van der Waals surface area contributed by atoms with Gasteiger partial charge in [0.2, 0.25) is 0 Å². The van der Waals surface area contributed by atoms with Crippen molar-refractivity contribution in [2.45, 2.75) is 26.7 Å². The lowest BCUT2D eigenvalue weighted by molar-refractivity contribution is 0.983. The molecule has 0 aliphatic rings. The first-order chi connectivity index (χ1) is 29.1. The average molecular weight is 756 g/mol. The van der Waals surface area contributed by atoms with Gasteiger partial charge < -0.3 is 4.57 Å². The number of para-hydroxylation sites is 2. The Balaban J connectivity index is 1.30. The van der Waals surface area contributed by atoms with Crippen LogP contribution in [0.25, 0.3) is 72.0 Å². The van der Waals surface area contributed by atoms with Crippen LogP contribution in [-0.2, 0) is 0 Å². The van der Waals surface area contributed by atoms with Crippen molar-refractivity contribution < 1.29 is 0 Å². The Morgan fingerprint density at radius 2 is 0.780 bits per heavy atom. The maximum Gasteiger partial charge on any atom is 0.0541 e. The predicted molar refractivity (Wildman–Crippen MR) is 251 cm³/mol. The number of hydrogen-bond donors (Lipinski definition) is 0. The Labute approximate surface area is 347 Å². The van der Waals surface area contributed by atoms with Gasteiger partial charge in [-0.3, -0.25) is 0 Å². The summed E-state index contributed by atoms with van der Waals surface area (Å²) < 4.78 is 2.40. The maximum atomic E-state index is 2.43. The molecule has 1 nitrogen and oxygen atoms in total. The van der Waals surface area contributed by atoms with Crippen LogP contribution in [0.3, 0.4) is 0 Å². The third-order valence-electron chi connectivity index (χ3n) is 12.2. The minimum absolute atomic E-state index is 0.0973. The van der Waals surface area contributed by atoms with E-state index in [-0.39, 0.29) is 5.92 Å². The summed E-state index contributed by atoms with van der Waals surface area (Å²) >= 11 is 0. The number of benzene rings is 9. The number of nitrogens with zero attached hydrogens (tertiary/aromatic N) is 1. The van der Waals surface area contributed by atoms with Crippen molar-refractivity contribution >= 4 is 21.8 Å². The van der Waals surface area contributed by atoms with E-state index in [1.807, 2.05) is 0 Å². The number of rotatable bonds is 8. The van der Waals surface area contributed by atoms with E-state index in [1.54, 1.807) is 0 Å². The monoisotopic (exact) mass is 755 g/mol. The predicted octanol–water partition coefficient (Wildman–Crippen LogP) is 15.6. The van der Waals surface area contributed by atoms with Crippen LogP contribution < -0.4 is 0 Å². The molecule has 0 aliphatic carbocycles. The van der Waals surface area contributed by atoms with Crippen LogP contribution >= 0.6 is 0 Å². The first-order valence-corrected chi connectivity index (χ1v) is 20.6. The Morgan fingerprint density at radius 3 is 1.39 bits per heavy atom. The number of hydrogen-bond acceptors (Lipinski definition) is 0. The Kier molecular flexibility index (Phi) is 9.35. The Morgan fingerprint density at radius 1 is 0.322 bits per heavy atom. The first kappa shape index (κ1) is 36.1. The molecule has 1 heterocycles. The molecule has 0 spiro atoms. The van der Waals surface area contributed by atoms with Crippen molar-refractivity contribution in [1.82, 2.24) is 4.57 Å². The molecule has 9 aromatic carbocycles. The standard InChI is InChI=1S/C58H45N/c1-39-20-7-10-25-44(39)48-28-13-15-31-51(48)58(52-32-16-14-29-49(52)45-26-11-8-21-40(45)2)53-34-19-33-47(57(53)46-27-12-9-22-41(46)3)42-36-37-56-54(38-42)50-30-17-18-35-55(50)59(56)43-23-5-4-6-24-43/h4-38,58H,1-3H3. The van der Waals surface area contributed by atoms with Crippen LogP contribution in [-0.4, -0.2) is 4.57 Å². The van der Waals surface area contributed by atoms with Crippen molar-refractivity contribution in [1.29, 1.82) is 0 Å². The van der Waals surface area contributed by atoms with E-state index in [0.29, 0.717) is 0 Å². The fourth-order valence-electron chi connectivity index (χ4n) is 9.44. The van der Waals surface area contributed by atoms with Gasteiger partial charge in [-0.15, -0.1) is 0 Å². The Bertz CT molecular complexity index is 3060. The summed E-state index contributed by atoms with van der Waals surface area (Å²) in [5.74, 6) is -0.0973. The molecule has 10 aromatic rings. The highest BCUT2D eigenvalue weighted by Crippen LogP contribution is 2.49. The molecule has 0 radical (unpaired) electrons. The summed E-state index contributed by atoms with van der Waals surface area (Å²) in [5, 5.41) is 2.49. The lowest BCUT2D eigenvalue weighted by atomic mass is 9.74. The van der Waals surface area contributed by atoms with Crippen LogP contribution in [0.5, 0.6) is 0 Å². The highest BCUT2D eigenvalue weighted by molar-refractivity contribution is 6.11. The van der Waals surface area contributed by atoms with Gasteiger partial charge in [0.25, 0.3) is 0 Å². The summed E-state index contributed by atoms with van der Waals surface area (Å²) in [6.45, 7) is 6.71. The zero-order valence-electron chi connectivity index (χ0n) is 33.7. The highest BCUT2D eigenvalue weighted by atomic mass is 15.0. The quantitative estimate of drug-likeness (QED) is 0.136. The normalized spacial score (nSPS) is 11.5. The number of aromatic nitrogens is 1. The van der Waals surface area contributed by atoms with E-state index >= 15 is 0 Å². The lowest BCUT2D eigenvalue weighted by Crippen LogP contribution is -2.10. The van der Waals surface area contributed by atoms with Crippen LogP contribution in [0.1, 0.15) is 39.3 Å². The van der Waals surface area contributed by atoms with Crippen molar-refractivity contribution in [3.8, 4) is 50.2 Å². The molecule has 0 unspecified atom stereocenters. The van der Waals surface area contributed by atoms with E-state index in [9.17, 15) is 0 Å². The molecule has 282 valence electrons. The topological polar surface area (TPSA) is 4.93 Å². The molecule has 59 heavy (non-hydrogen) atoms. The highest BCUT2D eigenvalue weighted by Gasteiger charge is 2.28. The van der Waals surface area contributed by atoms with Gasteiger partial charge in [0.05, 0.1) is 11.0 Å². The first-order valence-electron chi connectivity index (χ1n) is 20.6. The summed E-state index contributed by atoms with van der Waals surface area (Å²) in [4.78, 5) is 0. The van der Waals surface area contributed by atoms with Crippen LogP contribution in [0.4, 0.5) is 0 Å². The molecule has 0 bridgehead atoms.